The third-order valence-electron chi connectivity index (χ3n) is 4.70. The van der Waals surface area contributed by atoms with Gasteiger partial charge in [0.2, 0.25) is 11.8 Å². The Kier molecular flexibility index (Phi) is 6.40. The molecule has 2 amide bonds. The first-order valence-electron chi connectivity index (χ1n) is 9.26. The van der Waals surface area contributed by atoms with Crippen molar-refractivity contribution in [3.8, 4) is 6.07 Å². The maximum Gasteiger partial charge on any atom is 0.239 e. The van der Waals surface area contributed by atoms with Crippen LogP contribution in [0.25, 0.3) is 0 Å². The minimum atomic E-state index is -0.145. The molecule has 1 aromatic heterocycles. The van der Waals surface area contributed by atoms with Crippen LogP contribution in [0.4, 0.5) is 5.82 Å². The van der Waals surface area contributed by atoms with Crippen LogP contribution in [0, 0.1) is 18.3 Å². The van der Waals surface area contributed by atoms with Gasteiger partial charge in [-0.05, 0) is 31.0 Å². The number of carbonyl (C=O) groups excluding carboxylic acids is 2. The lowest BCUT2D eigenvalue weighted by atomic mass is 10.1. The molecule has 1 aliphatic rings. The van der Waals surface area contributed by atoms with E-state index in [4.69, 9.17) is 9.78 Å². The zero-order valence-corrected chi connectivity index (χ0v) is 15.9. The average molecular weight is 381 g/mol. The van der Waals surface area contributed by atoms with Gasteiger partial charge in [-0.1, -0.05) is 17.3 Å². The van der Waals surface area contributed by atoms with Crippen LogP contribution in [0.15, 0.2) is 34.9 Å². The largest absolute Gasteiger partial charge is 0.360 e. The standard InChI is InChI=1S/C20H23N5O3/c1-15-12-18(23-28-15)22-19(26)14-24-8-10-25(11-9-24)20(27)7-6-16-2-4-17(13-21)5-3-16/h2-5,12H,6-11,14H2,1H3,(H,22,23,26). The van der Waals surface area contributed by atoms with Crippen molar-refractivity contribution in [2.75, 3.05) is 38.0 Å². The summed E-state index contributed by atoms with van der Waals surface area (Å²) < 4.78 is 4.93. The second-order valence-electron chi connectivity index (χ2n) is 6.84. The van der Waals surface area contributed by atoms with E-state index in [-0.39, 0.29) is 18.4 Å². The number of aromatic nitrogens is 1. The van der Waals surface area contributed by atoms with Crippen molar-refractivity contribution in [2.24, 2.45) is 0 Å². The van der Waals surface area contributed by atoms with Gasteiger partial charge in [0.05, 0.1) is 18.2 Å². The van der Waals surface area contributed by atoms with E-state index in [2.05, 4.69) is 16.5 Å². The monoisotopic (exact) mass is 381 g/mol. The van der Waals surface area contributed by atoms with Gasteiger partial charge in [0, 0.05) is 38.7 Å². The summed E-state index contributed by atoms with van der Waals surface area (Å²) in [7, 11) is 0. The van der Waals surface area contributed by atoms with Crippen LogP contribution in [0.3, 0.4) is 0 Å². The number of nitrogens with zero attached hydrogens (tertiary/aromatic N) is 4. The molecule has 1 fully saturated rings. The average Bonchev–Trinajstić information content (AvgIpc) is 3.11. The Hall–Kier alpha value is -3.18. The molecule has 1 saturated heterocycles. The van der Waals surface area contributed by atoms with Gasteiger partial charge in [-0.2, -0.15) is 5.26 Å². The fourth-order valence-corrected chi connectivity index (χ4v) is 3.12. The van der Waals surface area contributed by atoms with Crippen LogP contribution >= 0.6 is 0 Å². The van der Waals surface area contributed by atoms with Crippen molar-refractivity contribution in [3.63, 3.8) is 0 Å². The van der Waals surface area contributed by atoms with E-state index in [1.165, 1.54) is 0 Å². The number of rotatable bonds is 6. The molecule has 1 N–H and O–H groups in total. The molecule has 146 valence electrons. The molecule has 8 heteroatoms. The van der Waals surface area contributed by atoms with Crippen molar-refractivity contribution in [1.82, 2.24) is 15.0 Å². The lowest BCUT2D eigenvalue weighted by Crippen LogP contribution is -2.50. The molecule has 0 saturated carbocycles. The molecular weight excluding hydrogens is 358 g/mol. The summed E-state index contributed by atoms with van der Waals surface area (Å²) in [5, 5.41) is 15.3. The summed E-state index contributed by atoms with van der Waals surface area (Å²) in [5.41, 5.74) is 1.67. The minimum Gasteiger partial charge on any atom is -0.360 e. The number of carbonyl (C=O) groups is 2. The van der Waals surface area contributed by atoms with Gasteiger partial charge in [0.1, 0.15) is 5.76 Å². The Morgan fingerprint density at radius 2 is 1.93 bits per heavy atom. The Balaban J connectivity index is 1.38. The molecule has 0 bridgehead atoms. The van der Waals surface area contributed by atoms with Crippen LogP contribution in [-0.2, 0) is 16.0 Å². The maximum atomic E-state index is 12.4. The van der Waals surface area contributed by atoms with Gasteiger partial charge < -0.3 is 14.7 Å². The van der Waals surface area contributed by atoms with Crippen molar-refractivity contribution >= 4 is 17.6 Å². The molecular formula is C20H23N5O3. The minimum absolute atomic E-state index is 0.117. The molecule has 0 atom stereocenters. The number of hydrogen-bond acceptors (Lipinski definition) is 6. The first-order chi connectivity index (χ1) is 13.5. The molecule has 2 aromatic rings. The van der Waals surface area contributed by atoms with Crippen LogP contribution in [0.5, 0.6) is 0 Å². The lowest BCUT2D eigenvalue weighted by molar-refractivity contribution is -0.133. The smallest absolute Gasteiger partial charge is 0.239 e. The van der Waals surface area contributed by atoms with E-state index in [1.54, 1.807) is 25.1 Å². The first kappa shape index (κ1) is 19.6. The summed E-state index contributed by atoms with van der Waals surface area (Å²) >= 11 is 0. The quantitative estimate of drug-likeness (QED) is 0.815. The highest BCUT2D eigenvalue weighted by molar-refractivity contribution is 5.91. The van der Waals surface area contributed by atoms with Gasteiger partial charge in [-0.25, -0.2) is 0 Å². The molecule has 0 spiro atoms. The van der Waals surface area contributed by atoms with E-state index in [1.807, 2.05) is 21.9 Å². The highest BCUT2D eigenvalue weighted by Crippen LogP contribution is 2.10. The van der Waals surface area contributed by atoms with E-state index in [9.17, 15) is 9.59 Å². The summed E-state index contributed by atoms with van der Waals surface area (Å²) in [6.07, 6.45) is 1.10. The van der Waals surface area contributed by atoms with Gasteiger partial charge in [0.15, 0.2) is 5.82 Å². The van der Waals surface area contributed by atoms with Crippen molar-refractivity contribution in [1.29, 1.82) is 5.26 Å². The number of hydrogen-bond donors (Lipinski definition) is 1. The summed E-state index contributed by atoms with van der Waals surface area (Å²) in [4.78, 5) is 28.4. The molecule has 3 rings (SSSR count). The number of piperazine rings is 1. The number of anilines is 1. The van der Waals surface area contributed by atoms with Crippen LogP contribution in [-0.4, -0.2) is 59.5 Å². The molecule has 1 aromatic carbocycles. The topological polar surface area (TPSA) is 102 Å². The van der Waals surface area contributed by atoms with Crippen LogP contribution in [0.2, 0.25) is 0 Å². The zero-order valence-electron chi connectivity index (χ0n) is 15.9. The Morgan fingerprint density at radius 1 is 1.21 bits per heavy atom. The second kappa shape index (κ2) is 9.15. The van der Waals surface area contributed by atoms with Gasteiger partial charge in [0.25, 0.3) is 0 Å². The molecule has 2 heterocycles. The van der Waals surface area contributed by atoms with Gasteiger partial charge >= 0.3 is 0 Å². The lowest BCUT2D eigenvalue weighted by Gasteiger charge is -2.34. The van der Waals surface area contributed by atoms with E-state index >= 15 is 0 Å². The third-order valence-corrected chi connectivity index (χ3v) is 4.70. The predicted molar refractivity (Wildman–Crippen MR) is 102 cm³/mol. The van der Waals surface area contributed by atoms with E-state index < -0.39 is 0 Å². The summed E-state index contributed by atoms with van der Waals surface area (Å²) in [6.45, 7) is 4.58. The number of amides is 2. The number of benzene rings is 1. The molecule has 0 unspecified atom stereocenters. The van der Waals surface area contributed by atoms with Crippen LogP contribution < -0.4 is 5.32 Å². The van der Waals surface area contributed by atoms with Gasteiger partial charge in [-0.15, -0.1) is 0 Å². The maximum absolute atomic E-state index is 12.4. The van der Waals surface area contributed by atoms with Crippen molar-refractivity contribution < 1.29 is 14.1 Å². The Morgan fingerprint density at radius 3 is 2.54 bits per heavy atom. The Labute approximate surface area is 163 Å². The fourth-order valence-electron chi connectivity index (χ4n) is 3.12. The normalized spacial score (nSPS) is 14.5. The van der Waals surface area contributed by atoms with E-state index in [0.717, 1.165) is 5.56 Å². The Bertz CT molecular complexity index is 861. The summed E-state index contributed by atoms with van der Waals surface area (Å²) in [5.74, 6) is 1.03. The number of nitrogens with one attached hydrogen (secondary N) is 1. The van der Waals surface area contributed by atoms with Crippen molar-refractivity contribution in [3.05, 3.63) is 47.2 Å². The highest BCUT2D eigenvalue weighted by atomic mass is 16.5. The predicted octanol–water partition coefficient (Wildman–Crippen LogP) is 1.57. The summed E-state index contributed by atoms with van der Waals surface area (Å²) in [6, 6.07) is 11.1. The SMILES string of the molecule is Cc1cc(NC(=O)CN2CCN(C(=O)CCc3ccc(C#N)cc3)CC2)no1. The van der Waals surface area contributed by atoms with Crippen LogP contribution in [0.1, 0.15) is 23.3 Å². The molecule has 0 radical (unpaired) electrons. The third kappa shape index (κ3) is 5.41. The number of nitriles is 1. The fraction of sp³-hybridized carbons (Fsp3) is 0.400. The number of aryl methyl sites for hydroxylation is 2. The van der Waals surface area contributed by atoms with E-state index in [0.29, 0.717) is 56.2 Å². The molecule has 28 heavy (non-hydrogen) atoms. The highest BCUT2D eigenvalue weighted by Gasteiger charge is 2.22. The second-order valence-corrected chi connectivity index (χ2v) is 6.84. The molecule has 8 nitrogen and oxygen atoms in total. The van der Waals surface area contributed by atoms with Gasteiger partial charge in [-0.3, -0.25) is 14.5 Å². The zero-order chi connectivity index (χ0) is 19.9. The molecule has 0 aliphatic carbocycles. The van der Waals surface area contributed by atoms with Crippen molar-refractivity contribution in [2.45, 2.75) is 19.8 Å². The first-order valence-corrected chi connectivity index (χ1v) is 9.26. The molecule has 1 aliphatic heterocycles.